The molecule has 1 heterocycles. The number of ketones is 1. The number of rotatable bonds is 6. The maximum atomic E-state index is 12.2. The first-order chi connectivity index (χ1) is 8.76. The SMILES string of the molecule is CCCC(CN)C(=O)Cc1csc2ccccc12. The van der Waals surface area contributed by atoms with Gasteiger partial charge in [-0.3, -0.25) is 4.79 Å². The molecule has 18 heavy (non-hydrogen) atoms. The minimum atomic E-state index is 0.0219. The molecule has 1 atom stereocenters. The van der Waals surface area contributed by atoms with Crippen molar-refractivity contribution in [2.24, 2.45) is 11.7 Å². The lowest BCUT2D eigenvalue weighted by Crippen LogP contribution is -2.24. The molecule has 0 saturated carbocycles. The Labute approximate surface area is 112 Å². The first-order valence-electron chi connectivity index (χ1n) is 6.44. The molecule has 0 aliphatic heterocycles. The Kier molecular flexibility index (Phi) is 4.50. The van der Waals surface area contributed by atoms with Crippen LogP contribution in [0.1, 0.15) is 25.3 Å². The van der Waals surface area contributed by atoms with Crippen LogP contribution in [0.5, 0.6) is 0 Å². The standard InChI is InChI=1S/C15H19NOS/c1-2-5-11(9-16)14(17)8-12-10-18-15-7-4-3-6-13(12)15/h3-4,6-7,10-11H,2,5,8-9,16H2,1H3. The summed E-state index contributed by atoms with van der Waals surface area (Å²) in [5.74, 6) is 0.302. The Morgan fingerprint density at radius 1 is 1.39 bits per heavy atom. The van der Waals surface area contributed by atoms with Crippen LogP contribution in [0.15, 0.2) is 29.6 Å². The first kappa shape index (κ1) is 13.2. The van der Waals surface area contributed by atoms with Crippen molar-refractivity contribution < 1.29 is 4.79 Å². The minimum absolute atomic E-state index is 0.0219. The number of hydrogen-bond donors (Lipinski definition) is 1. The van der Waals surface area contributed by atoms with Gasteiger partial charge in [0.2, 0.25) is 0 Å². The number of thiophene rings is 1. The number of carbonyl (C=O) groups is 1. The molecule has 96 valence electrons. The van der Waals surface area contributed by atoms with Gasteiger partial charge in [-0.05, 0) is 28.8 Å². The van der Waals surface area contributed by atoms with E-state index in [2.05, 4.69) is 24.4 Å². The highest BCUT2D eigenvalue weighted by atomic mass is 32.1. The smallest absolute Gasteiger partial charge is 0.141 e. The van der Waals surface area contributed by atoms with Crippen LogP contribution in [0.2, 0.25) is 0 Å². The van der Waals surface area contributed by atoms with Gasteiger partial charge in [-0.15, -0.1) is 11.3 Å². The topological polar surface area (TPSA) is 43.1 Å². The van der Waals surface area contributed by atoms with Crippen molar-refractivity contribution in [3.8, 4) is 0 Å². The second-order valence-corrected chi connectivity index (χ2v) is 5.53. The molecule has 2 nitrogen and oxygen atoms in total. The van der Waals surface area contributed by atoms with Crippen LogP contribution in [-0.4, -0.2) is 12.3 Å². The largest absolute Gasteiger partial charge is 0.330 e. The number of benzene rings is 1. The third-order valence-corrected chi connectivity index (χ3v) is 4.32. The van der Waals surface area contributed by atoms with Crippen molar-refractivity contribution >= 4 is 27.2 Å². The third kappa shape index (κ3) is 2.79. The number of nitrogens with two attached hydrogens (primary N) is 1. The number of carbonyl (C=O) groups excluding carboxylic acids is 1. The molecule has 0 aliphatic rings. The van der Waals surface area contributed by atoms with Crippen molar-refractivity contribution in [1.82, 2.24) is 0 Å². The van der Waals surface area contributed by atoms with Crippen molar-refractivity contribution in [3.63, 3.8) is 0 Å². The van der Waals surface area contributed by atoms with Crippen molar-refractivity contribution in [1.29, 1.82) is 0 Å². The normalized spacial score (nSPS) is 12.8. The Bertz CT molecular complexity index is 532. The predicted molar refractivity (Wildman–Crippen MR) is 78.0 cm³/mol. The summed E-state index contributed by atoms with van der Waals surface area (Å²) in [6, 6.07) is 8.24. The Hall–Kier alpha value is -1.19. The third-order valence-electron chi connectivity index (χ3n) is 3.30. The van der Waals surface area contributed by atoms with Crippen LogP contribution in [0.3, 0.4) is 0 Å². The van der Waals surface area contributed by atoms with E-state index < -0.39 is 0 Å². The van der Waals surface area contributed by atoms with Gasteiger partial charge in [0.05, 0.1) is 0 Å². The van der Waals surface area contributed by atoms with E-state index in [1.807, 2.05) is 12.1 Å². The molecule has 0 saturated heterocycles. The lowest BCUT2D eigenvalue weighted by Gasteiger charge is -2.11. The molecular formula is C15H19NOS. The van der Waals surface area contributed by atoms with Gasteiger partial charge in [-0.1, -0.05) is 31.5 Å². The van der Waals surface area contributed by atoms with E-state index >= 15 is 0 Å². The average Bonchev–Trinajstić information content (AvgIpc) is 2.79. The fourth-order valence-corrected chi connectivity index (χ4v) is 3.22. The average molecular weight is 261 g/mol. The molecule has 0 radical (unpaired) electrons. The summed E-state index contributed by atoms with van der Waals surface area (Å²) in [7, 11) is 0. The van der Waals surface area contributed by atoms with Gasteiger partial charge in [0.25, 0.3) is 0 Å². The van der Waals surface area contributed by atoms with E-state index in [4.69, 9.17) is 5.73 Å². The molecule has 0 amide bonds. The van der Waals surface area contributed by atoms with Crippen LogP contribution in [0.25, 0.3) is 10.1 Å². The summed E-state index contributed by atoms with van der Waals surface area (Å²) < 4.78 is 1.25. The van der Waals surface area contributed by atoms with Crippen LogP contribution < -0.4 is 5.73 Å². The van der Waals surface area contributed by atoms with Crippen LogP contribution in [0, 0.1) is 5.92 Å². The molecule has 1 aromatic heterocycles. The first-order valence-corrected chi connectivity index (χ1v) is 7.32. The molecule has 0 fully saturated rings. The molecule has 2 aromatic rings. The maximum Gasteiger partial charge on any atom is 0.141 e. The van der Waals surface area contributed by atoms with E-state index in [0.717, 1.165) is 18.4 Å². The van der Waals surface area contributed by atoms with Crippen molar-refractivity contribution in [3.05, 3.63) is 35.2 Å². The Morgan fingerprint density at radius 3 is 2.89 bits per heavy atom. The van der Waals surface area contributed by atoms with Gasteiger partial charge in [0.15, 0.2) is 0 Å². The maximum absolute atomic E-state index is 12.2. The van der Waals surface area contributed by atoms with Crippen LogP contribution in [-0.2, 0) is 11.2 Å². The summed E-state index contributed by atoms with van der Waals surface area (Å²) in [4.78, 5) is 12.2. The van der Waals surface area contributed by atoms with E-state index in [9.17, 15) is 4.79 Å². The number of fused-ring (bicyclic) bond motifs is 1. The second-order valence-electron chi connectivity index (χ2n) is 4.62. The Balaban J connectivity index is 2.16. The summed E-state index contributed by atoms with van der Waals surface area (Å²) in [5.41, 5.74) is 6.83. The Morgan fingerprint density at radius 2 is 2.17 bits per heavy atom. The highest BCUT2D eigenvalue weighted by molar-refractivity contribution is 7.17. The van der Waals surface area contributed by atoms with Crippen LogP contribution >= 0.6 is 11.3 Å². The molecular weight excluding hydrogens is 242 g/mol. The molecule has 3 heteroatoms. The van der Waals surface area contributed by atoms with Gasteiger partial charge < -0.3 is 5.73 Å². The second kappa shape index (κ2) is 6.12. The molecule has 0 aliphatic carbocycles. The molecule has 0 bridgehead atoms. The zero-order valence-corrected chi connectivity index (χ0v) is 11.5. The van der Waals surface area contributed by atoms with Gasteiger partial charge >= 0.3 is 0 Å². The predicted octanol–water partition coefficient (Wildman–Crippen LogP) is 3.39. The monoisotopic (exact) mass is 261 g/mol. The van der Waals surface area contributed by atoms with Gasteiger partial charge in [0, 0.05) is 23.6 Å². The summed E-state index contributed by atoms with van der Waals surface area (Å²) in [6.07, 6.45) is 2.43. The minimum Gasteiger partial charge on any atom is -0.330 e. The quantitative estimate of drug-likeness (QED) is 0.866. The van der Waals surface area contributed by atoms with Gasteiger partial charge in [0.1, 0.15) is 5.78 Å². The molecule has 1 aromatic carbocycles. The zero-order valence-electron chi connectivity index (χ0n) is 10.7. The highest BCUT2D eigenvalue weighted by Gasteiger charge is 2.17. The number of Topliss-reactive ketones (excluding diaryl/α,β-unsaturated/α-hetero) is 1. The van der Waals surface area contributed by atoms with Crippen molar-refractivity contribution in [2.45, 2.75) is 26.2 Å². The zero-order chi connectivity index (χ0) is 13.0. The molecule has 0 spiro atoms. The lowest BCUT2D eigenvalue weighted by molar-refractivity contribution is -0.122. The van der Waals surface area contributed by atoms with E-state index in [-0.39, 0.29) is 11.7 Å². The van der Waals surface area contributed by atoms with Gasteiger partial charge in [-0.25, -0.2) is 0 Å². The fraction of sp³-hybridized carbons (Fsp3) is 0.400. The number of hydrogen-bond acceptors (Lipinski definition) is 3. The lowest BCUT2D eigenvalue weighted by atomic mass is 9.94. The summed E-state index contributed by atoms with van der Waals surface area (Å²) in [6.45, 7) is 2.56. The van der Waals surface area contributed by atoms with E-state index in [1.165, 1.54) is 10.1 Å². The summed E-state index contributed by atoms with van der Waals surface area (Å²) in [5, 5.41) is 3.31. The van der Waals surface area contributed by atoms with E-state index in [1.54, 1.807) is 11.3 Å². The highest BCUT2D eigenvalue weighted by Crippen LogP contribution is 2.26. The van der Waals surface area contributed by atoms with E-state index in [0.29, 0.717) is 13.0 Å². The molecule has 1 unspecified atom stereocenters. The summed E-state index contributed by atoms with van der Waals surface area (Å²) >= 11 is 1.71. The van der Waals surface area contributed by atoms with Gasteiger partial charge in [-0.2, -0.15) is 0 Å². The molecule has 2 N–H and O–H groups in total. The van der Waals surface area contributed by atoms with Crippen LogP contribution in [0.4, 0.5) is 0 Å². The molecule has 2 rings (SSSR count). The fourth-order valence-electron chi connectivity index (χ4n) is 2.26. The van der Waals surface area contributed by atoms with Crippen molar-refractivity contribution in [2.75, 3.05) is 6.54 Å².